The van der Waals surface area contributed by atoms with Crippen LogP contribution in [0.15, 0.2) is 30.3 Å². The van der Waals surface area contributed by atoms with E-state index in [-0.39, 0.29) is 0 Å². The van der Waals surface area contributed by atoms with Crippen molar-refractivity contribution in [2.75, 3.05) is 34.7 Å². The first-order valence-electron chi connectivity index (χ1n) is 8.10. The fraction of sp³-hybridized carbons (Fsp3) is 0.667. The molecule has 1 saturated carbocycles. The van der Waals surface area contributed by atoms with Crippen LogP contribution in [0.3, 0.4) is 0 Å². The Morgan fingerprint density at radius 1 is 1.14 bits per heavy atom. The van der Waals surface area contributed by atoms with E-state index in [2.05, 4.69) is 80.6 Å². The largest absolute Gasteiger partial charge is 0.312 e. The summed E-state index contributed by atoms with van der Waals surface area (Å²) in [6.45, 7) is 3.47. The number of hydrogen-bond donors (Lipinski definition) is 1. The van der Waals surface area contributed by atoms with E-state index in [1.54, 1.807) is 0 Å². The van der Waals surface area contributed by atoms with Crippen molar-refractivity contribution in [1.29, 1.82) is 0 Å². The standard InChI is InChI=1S/C18H31N3/c1-15(17(19-2)16-10-7-6-8-11-16)21(5)14-18(20(3)4)12-9-13-18/h6-8,10-11,15,17,19H,9,12-14H2,1-5H3. The minimum absolute atomic E-state index is 0.371. The Balaban J connectivity index is 2.05. The molecule has 1 aromatic carbocycles. The highest BCUT2D eigenvalue weighted by molar-refractivity contribution is 5.20. The first kappa shape index (κ1) is 16.5. The maximum atomic E-state index is 3.49. The van der Waals surface area contributed by atoms with Crippen LogP contribution < -0.4 is 5.32 Å². The summed E-state index contributed by atoms with van der Waals surface area (Å²) in [7, 11) is 8.78. The summed E-state index contributed by atoms with van der Waals surface area (Å²) in [5.41, 5.74) is 1.75. The highest BCUT2D eigenvalue weighted by Gasteiger charge is 2.41. The van der Waals surface area contributed by atoms with Crippen molar-refractivity contribution in [1.82, 2.24) is 15.1 Å². The van der Waals surface area contributed by atoms with Crippen LogP contribution in [-0.2, 0) is 0 Å². The molecular formula is C18H31N3. The Morgan fingerprint density at radius 2 is 1.76 bits per heavy atom. The van der Waals surface area contributed by atoms with E-state index in [9.17, 15) is 0 Å². The lowest BCUT2D eigenvalue weighted by molar-refractivity contribution is 0.0136. The lowest BCUT2D eigenvalue weighted by Gasteiger charge is -2.50. The minimum atomic E-state index is 0.371. The molecule has 0 aliphatic heterocycles. The highest BCUT2D eigenvalue weighted by Crippen LogP contribution is 2.37. The number of hydrogen-bond acceptors (Lipinski definition) is 3. The van der Waals surface area contributed by atoms with Crippen LogP contribution in [0, 0.1) is 0 Å². The molecule has 1 N–H and O–H groups in total. The van der Waals surface area contributed by atoms with Crippen molar-refractivity contribution < 1.29 is 0 Å². The van der Waals surface area contributed by atoms with E-state index < -0.39 is 0 Å². The van der Waals surface area contributed by atoms with E-state index in [4.69, 9.17) is 0 Å². The van der Waals surface area contributed by atoms with E-state index in [1.165, 1.54) is 24.8 Å². The van der Waals surface area contributed by atoms with Gasteiger partial charge in [0.2, 0.25) is 0 Å². The minimum Gasteiger partial charge on any atom is -0.312 e. The molecule has 0 aromatic heterocycles. The van der Waals surface area contributed by atoms with Crippen LogP contribution in [0.4, 0.5) is 0 Å². The van der Waals surface area contributed by atoms with Crippen LogP contribution in [0.5, 0.6) is 0 Å². The van der Waals surface area contributed by atoms with Gasteiger partial charge in [-0.1, -0.05) is 30.3 Å². The molecule has 1 aliphatic rings. The smallest absolute Gasteiger partial charge is 0.0472 e. The first-order chi connectivity index (χ1) is 10.00. The summed E-state index contributed by atoms with van der Waals surface area (Å²) in [6, 6.07) is 11.6. The topological polar surface area (TPSA) is 18.5 Å². The molecule has 1 aliphatic carbocycles. The van der Waals surface area contributed by atoms with Crippen molar-refractivity contribution >= 4 is 0 Å². The number of nitrogens with zero attached hydrogens (tertiary/aromatic N) is 2. The van der Waals surface area contributed by atoms with Gasteiger partial charge in [0.1, 0.15) is 0 Å². The number of nitrogens with one attached hydrogen (secondary N) is 1. The van der Waals surface area contributed by atoms with Crippen LogP contribution >= 0.6 is 0 Å². The van der Waals surface area contributed by atoms with Crippen molar-refractivity contribution in [2.24, 2.45) is 0 Å². The molecule has 3 heteroatoms. The third-order valence-electron chi connectivity index (χ3n) is 5.42. The monoisotopic (exact) mass is 289 g/mol. The maximum absolute atomic E-state index is 3.49. The second kappa shape index (κ2) is 6.91. The Labute approximate surface area is 130 Å². The van der Waals surface area contributed by atoms with Gasteiger partial charge in [-0.25, -0.2) is 0 Å². The van der Waals surface area contributed by atoms with Gasteiger partial charge in [-0.3, -0.25) is 4.90 Å². The predicted octanol–water partition coefficient (Wildman–Crippen LogP) is 2.75. The summed E-state index contributed by atoms with van der Waals surface area (Å²) in [5.74, 6) is 0. The van der Waals surface area contributed by atoms with Gasteiger partial charge in [0.25, 0.3) is 0 Å². The van der Waals surface area contributed by atoms with E-state index in [0.717, 1.165) is 6.54 Å². The lowest BCUT2D eigenvalue weighted by Crippen LogP contribution is -2.58. The molecule has 3 nitrogen and oxygen atoms in total. The SMILES string of the molecule is CNC(c1ccccc1)C(C)N(C)CC1(N(C)C)CCC1. The van der Waals surface area contributed by atoms with Gasteiger partial charge < -0.3 is 10.2 Å². The average molecular weight is 289 g/mol. The Kier molecular flexibility index (Phi) is 5.42. The molecule has 2 atom stereocenters. The second-order valence-corrected chi connectivity index (χ2v) is 6.81. The molecule has 0 bridgehead atoms. The van der Waals surface area contributed by atoms with Gasteiger partial charge in [-0.05, 0) is 59.9 Å². The third-order valence-corrected chi connectivity index (χ3v) is 5.42. The summed E-state index contributed by atoms with van der Waals surface area (Å²) in [6.07, 6.45) is 4.02. The highest BCUT2D eigenvalue weighted by atomic mass is 15.2. The van der Waals surface area contributed by atoms with Gasteiger partial charge in [-0.2, -0.15) is 0 Å². The first-order valence-corrected chi connectivity index (χ1v) is 8.10. The van der Waals surface area contributed by atoms with Crippen molar-refractivity contribution in [3.05, 3.63) is 35.9 Å². The zero-order valence-corrected chi connectivity index (χ0v) is 14.3. The maximum Gasteiger partial charge on any atom is 0.0472 e. The molecule has 0 heterocycles. The van der Waals surface area contributed by atoms with Gasteiger partial charge in [-0.15, -0.1) is 0 Å². The molecule has 0 radical (unpaired) electrons. The summed E-state index contributed by atoms with van der Waals surface area (Å²) >= 11 is 0. The molecule has 1 fully saturated rings. The normalized spacial score (nSPS) is 20.3. The number of likely N-dealkylation sites (N-methyl/N-ethyl adjacent to an activating group) is 3. The molecule has 0 amide bonds. The van der Waals surface area contributed by atoms with Gasteiger partial charge in [0.05, 0.1) is 0 Å². The predicted molar refractivity (Wildman–Crippen MR) is 90.6 cm³/mol. The summed E-state index contributed by atoms with van der Waals surface area (Å²) in [4.78, 5) is 4.95. The van der Waals surface area contributed by atoms with E-state index >= 15 is 0 Å². The lowest BCUT2D eigenvalue weighted by atomic mass is 9.75. The molecule has 118 valence electrons. The summed E-state index contributed by atoms with van der Waals surface area (Å²) < 4.78 is 0. The molecule has 21 heavy (non-hydrogen) atoms. The average Bonchev–Trinajstić information content (AvgIpc) is 2.44. The second-order valence-electron chi connectivity index (χ2n) is 6.81. The zero-order chi connectivity index (χ0) is 15.5. The van der Waals surface area contributed by atoms with Crippen molar-refractivity contribution in [2.45, 2.75) is 43.8 Å². The Bertz CT molecular complexity index is 425. The van der Waals surface area contributed by atoms with E-state index in [0.29, 0.717) is 17.6 Å². The molecular weight excluding hydrogens is 258 g/mol. The van der Waals surface area contributed by atoms with Crippen molar-refractivity contribution in [3.63, 3.8) is 0 Å². The number of rotatable bonds is 7. The Morgan fingerprint density at radius 3 is 2.19 bits per heavy atom. The van der Waals surface area contributed by atoms with Crippen molar-refractivity contribution in [3.8, 4) is 0 Å². The molecule has 0 spiro atoms. The third kappa shape index (κ3) is 3.47. The van der Waals surface area contributed by atoms with Crippen LogP contribution in [0.25, 0.3) is 0 Å². The fourth-order valence-corrected chi connectivity index (χ4v) is 3.54. The zero-order valence-electron chi connectivity index (χ0n) is 14.3. The molecule has 2 rings (SSSR count). The van der Waals surface area contributed by atoms with Gasteiger partial charge in [0.15, 0.2) is 0 Å². The molecule has 2 unspecified atom stereocenters. The van der Waals surface area contributed by atoms with Gasteiger partial charge >= 0.3 is 0 Å². The van der Waals surface area contributed by atoms with E-state index in [1.807, 2.05) is 0 Å². The number of benzene rings is 1. The fourth-order valence-electron chi connectivity index (χ4n) is 3.54. The summed E-state index contributed by atoms with van der Waals surface area (Å²) in [5, 5.41) is 3.49. The van der Waals surface area contributed by atoms with Crippen LogP contribution in [0.2, 0.25) is 0 Å². The molecule has 0 saturated heterocycles. The Hall–Kier alpha value is -0.900. The molecule has 1 aromatic rings. The van der Waals surface area contributed by atoms with Crippen LogP contribution in [-0.4, -0.2) is 56.1 Å². The van der Waals surface area contributed by atoms with Gasteiger partial charge in [0, 0.05) is 24.2 Å². The quantitative estimate of drug-likeness (QED) is 0.832. The van der Waals surface area contributed by atoms with Crippen LogP contribution in [0.1, 0.15) is 37.8 Å².